The lowest BCUT2D eigenvalue weighted by atomic mass is 10.0. The molecule has 3 heterocycles. The quantitative estimate of drug-likeness (QED) is 0.692. The van der Waals surface area contributed by atoms with Gasteiger partial charge in [-0.2, -0.15) is 0 Å². The number of nitrogens with one attached hydrogen (secondary N) is 1. The van der Waals surface area contributed by atoms with Crippen molar-refractivity contribution in [1.82, 2.24) is 24.8 Å². The minimum atomic E-state index is 0.499. The fourth-order valence-corrected chi connectivity index (χ4v) is 3.13. The van der Waals surface area contributed by atoms with Gasteiger partial charge in [-0.3, -0.25) is 4.90 Å². The second-order valence-electron chi connectivity index (χ2n) is 6.50. The summed E-state index contributed by atoms with van der Waals surface area (Å²) in [4.78, 5) is 19.5. The van der Waals surface area contributed by atoms with Gasteiger partial charge in [0.15, 0.2) is 5.82 Å². The molecule has 1 saturated heterocycles. The lowest BCUT2D eigenvalue weighted by Gasteiger charge is -2.41. The standard InChI is InChI=1S/C20H22N6O/c1-27-17-5-3-15(4-6-17)13-26-10-7-16(26)12-23-19-11-18(24-14-25-19)20-21-8-2-9-22-20/h2-6,8-9,11,14,16H,7,10,12-13H2,1H3,(H,23,24,25). The van der Waals surface area contributed by atoms with Gasteiger partial charge in [-0.25, -0.2) is 19.9 Å². The number of benzene rings is 1. The van der Waals surface area contributed by atoms with Crippen molar-refractivity contribution in [1.29, 1.82) is 0 Å². The summed E-state index contributed by atoms with van der Waals surface area (Å²) in [7, 11) is 1.69. The van der Waals surface area contributed by atoms with E-state index in [0.717, 1.165) is 36.9 Å². The summed E-state index contributed by atoms with van der Waals surface area (Å²) in [5.41, 5.74) is 2.02. The van der Waals surface area contributed by atoms with Crippen LogP contribution in [0.15, 0.2) is 55.1 Å². The Kier molecular flexibility index (Phi) is 5.20. The Morgan fingerprint density at radius 3 is 2.63 bits per heavy atom. The molecule has 1 N–H and O–H groups in total. The van der Waals surface area contributed by atoms with Gasteiger partial charge in [0.2, 0.25) is 0 Å². The summed E-state index contributed by atoms with van der Waals surface area (Å²) in [5.74, 6) is 2.29. The molecule has 2 aromatic heterocycles. The lowest BCUT2D eigenvalue weighted by molar-refractivity contribution is 0.0912. The van der Waals surface area contributed by atoms with Crippen molar-refractivity contribution >= 4 is 5.82 Å². The van der Waals surface area contributed by atoms with E-state index in [0.29, 0.717) is 11.9 Å². The number of ether oxygens (including phenoxy) is 1. The van der Waals surface area contributed by atoms with E-state index in [2.05, 4.69) is 42.3 Å². The zero-order valence-corrected chi connectivity index (χ0v) is 15.2. The highest BCUT2D eigenvalue weighted by Crippen LogP contribution is 2.22. The molecule has 0 radical (unpaired) electrons. The van der Waals surface area contributed by atoms with Gasteiger partial charge >= 0.3 is 0 Å². The topological polar surface area (TPSA) is 76.1 Å². The van der Waals surface area contributed by atoms with E-state index in [1.54, 1.807) is 31.9 Å². The van der Waals surface area contributed by atoms with Crippen LogP contribution in [0.5, 0.6) is 5.75 Å². The van der Waals surface area contributed by atoms with Gasteiger partial charge in [0, 0.05) is 44.1 Å². The molecule has 7 nitrogen and oxygen atoms in total. The normalized spacial score (nSPS) is 16.6. The smallest absolute Gasteiger partial charge is 0.178 e. The maximum absolute atomic E-state index is 5.22. The third kappa shape index (κ3) is 4.20. The Labute approximate surface area is 158 Å². The summed E-state index contributed by atoms with van der Waals surface area (Å²) >= 11 is 0. The van der Waals surface area contributed by atoms with E-state index in [9.17, 15) is 0 Å². The van der Waals surface area contributed by atoms with Crippen LogP contribution in [0.25, 0.3) is 11.5 Å². The molecule has 1 unspecified atom stereocenters. The van der Waals surface area contributed by atoms with E-state index in [1.807, 2.05) is 18.2 Å². The van der Waals surface area contributed by atoms with Crippen molar-refractivity contribution in [2.24, 2.45) is 0 Å². The fraction of sp³-hybridized carbons (Fsp3) is 0.300. The molecule has 4 rings (SSSR count). The molecule has 1 aliphatic heterocycles. The van der Waals surface area contributed by atoms with Gasteiger partial charge in [0.1, 0.15) is 23.6 Å². The molecule has 1 fully saturated rings. The molecule has 1 atom stereocenters. The Morgan fingerprint density at radius 2 is 1.93 bits per heavy atom. The molecule has 3 aromatic rings. The van der Waals surface area contributed by atoms with E-state index < -0.39 is 0 Å². The van der Waals surface area contributed by atoms with Gasteiger partial charge in [0.25, 0.3) is 0 Å². The predicted molar refractivity (Wildman–Crippen MR) is 103 cm³/mol. The monoisotopic (exact) mass is 362 g/mol. The van der Waals surface area contributed by atoms with Gasteiger partial charge in [0.05, 0.1) is 7.11 Å². The Morgan fingerprint density at radius 1 is 1.11 bits per heavy atom. The molecule has 1 aliphatic rings. The first-order valence-electron chi connectivity index (χ1n) is 9.02. The number of anilines is 1. The molecule has 27 heavy (non-hydrogen) atoms. The minimum Gasteiger partial charge on any atom is -0.497 e. The van der Waals surface area contributed by atoms with Crippen molar-refractivity contribution in [3.8, 4) is 17.3 Å². The molecule has 0 bridgehead atoms. The first-order chi connectivity index (χ1) is 13.3. The molecule has 0 amide bonds. The number of likely N-dealkylation sites (tertiary alicyclic amines) is 1. The number of aromatic nitrogens is 4. The summed E-state index contributed by atoms with van der Waals surface area (Å²) in [6.45, 7) is 2.91. The average molecular weight is 362 g/mol. The van der Waals surface area contributed by atoms with Crippen LogP contribution in [0.1, 0.15) is 12.0 Å². The third-order valence-corrected chi connectivity index (χ3v) is 4.79. The molecule has 0 aliphatic carbocycles. The summed E-state index contributed by atoms with van der Waals surface area (Å²) < 4.78 is 5.22. The molecular formula is C20H22N6O. The second kappa shape index (κ2) is 8.09. The highest BCUT2D eigenvalue weighted by Gasteiger charge is 2.27. The van der Waals surface area contributed by atoms with Gasteiger partial charge in [-0.15, -0.1) is 0 Å². The van der Waals surface area contributed by atoms with E-state index >= 15 is 0 Å². The van der Waals surface area contributed by atoms with Crippen LogP contribution in [0, 0.1) is 0 Å². The van der Waals surface area contributed by atoms with Crippen LogP contribution >= 0.6 is 0 Å². The number of rotatable bonds is 7. The Balaban J connectivity index is 1.33. The molecular weight excluding hydrogens is 340 g/mol. The zero-order chi connectivity index (χ0) is 18.5. The van der Waals surface area contributed by atoms with Gasteiger partial charge in [-0.05, 0) is 30.2 Å². The van der Waals surface area contributed by atoms with Crippen molar-refractivity contribution < 1.29 is 4.74 Å². The maximum Gasteiger partial charge on any atom is 0.178 e. The largest absolute Gasteiger partial charge is 0.497 e. The average Bonchev–Trinajstić information content (AvgIpc) is 2.72. The Bertz CT molecular complexity index is 871. The number of methoxy groups -OCH3 is 1. The Hall–Kier alpha value is -3.06. The van der Waals surface area contributed by atoms with Gasteiger partial charge in [-0.1, -0.05) is 12.1 Å². The summed E-state index contributed by atoms with van der Waals surface area (Å²) in [6, 6.07) is 12.4. The molecule has 0 spiro atoms. The van der Waals surface area contributed by atoms with E-state index in [1.165, 1.54) is 12.0 Å². The van der Waals surface area contributed by atoms with Crippen molar-refractivity contribution in [2.75, 3.05) is 25.5 Å². The van der Waals surface area contributed by atoms with Gasteiger partial charge < -0.3 is 10.1 Å². The lowest BCUT2D eigenvalue weighted by Crippen LogP contribution is -2.50. The van der Waals surface area contributed by atoms with Crippen LogP contribution < -0.4 is 10.1 Å². The SMILES string of the molecule is COc1ccc(CN2CCC2CNc2cc(-c3ncccn3)ncn2)cc1. The fourth-order valence-electron chi connectivity index (χ4n) is 3.13. The maximum atomic E-state index is 5.22. The van der Waals surface area contributed by atoms with E-state index in [-0.39, 0.29) is 0 Å². The zero-order valence-electron chi connectivity index (χ0n) is 15.2. The van der Waals surface area contributed by atoms with Crippen LogP contribution in [0.2, 0.25) is 0 Å². The summed E-state index contributed by atoms with van der Waals surface area (Å²) in [5, 5.41) is 3.42. The molecule has 7 heteroatoms. The molecule has 1 aromatic carbocycles. The van der Waals surface area contributed by atoms with Crippen LogP contribution in [-0.2, 0) is 6.54 Å². The second-order valence-corrected chi connectivity index (χ2v) is 6.50. The van der Waals surface area contributed by atoms with Crippen molar-refractivity contribution in [2.45, 2.75) is 19.0 Å². The summed E-state index contributed by atoms with van der Waals surface area (Å²) in [6.07, 6.45) is 6.15. The van der Waals surface area contributed by atoms with Crippen LogP contribution in [-0.4, -0.2) is 51.1 Å². The predicted octanol–water partition coefficient (Wildman–Crippen LogP) is 2.63. The van der Waals surface area contributed by atoms with Crippen LogP contribution in [0.4, 0.5) is 5.82 Å². The first-order valence-corrected chi connectivity index (χ1v) is 9.02. The highest BCUT2D eigenvalue weighted by molar-refractivity contribution is 5.54. The van der Waals surface area contributed by atoms with Crippen LogP contribution in [0.3, 0.4) is 0 Å². The van der Waals surface area contributed by atoms with Crippen molar-refractivity contribution in [3.05, 3.63) is 60.7 Å². The first kappa shape index (κ1) is 17.4. The number of nitrogens with zero attached hydrogens (tertiary/aromatic N) is 5. The minimum absolute atomic E-state index is 0.499. The molecule has 0 saturated carbocycles. The number of hydrogen-bond acceptors (Lipinski definition) is 7. The third-order valence-electron chi connectivity index (χ3n) is 4.79. The number of hydrogen-bond donors (Lipinski definition) is 1. The molecule has 138 valence electrons. The highest BCUT2D eigenvalue weighted by atomic mass is 16.5. The van der Waals surface area contributed by atoms with E-state index in [4.69, 9.17) is 4.74 Å². The van der Waals surface area contributed by atoms with Crippen molar-refractivity contribution in [3.63, 3.8) is 0 Å².